The van der Waals surface area contributed by atoms with Gasteiger partial charge in [0, 0.05) is 11.9 Å². The van der Waals surface area contributed by atoms with E-state index < -0.39 is 0 Å². The van der Waals surface area contributed by atoms with Crippen molar-refractivity contribution in [3.05, 3.63) is 65.6 Å². The Labute approximate surface area is 157 Å². The van der Waals surface area contributed by atoms with E-state index in [-0.39, 0.29) is 11.7 Å². The molecule has 0 bridgehead atoms. The zero-order valence-corrected chi connectivity index (χ0v) is 15.8. The fourth-order valence-corrected chi connectivity index (χ4v) is 3.33. The molecule has 26 heavy (non-hydrogen) atoms. The van der Waals surface area contributed by atoms with Crippen LogP contribution >= 0.6 is 11.8 Å². The third-order valence-corrected chi connectivity index (χ3v) is 4.75. The van der Waals surface area contributed by atoms with Crippen LogP contribution in [-0.2, 0) is 4.79 Å². The topological polar surface area (TPSA) is 67.8 Å². The van der Waals surface area contributed by atoms with Crippen molar-refractivity contribution in [2.24, 2.45) is 0 Å². The zero-order valence-electron chi connectivity index (χ0n) is 15.0. The van der Waals surface area contributed by atoms with Gasteiger partial charge >= 0.3 is 0 Å². The smallest absolute Gasteiger partial charge is 0.234 e. The highest BCUT2D eigenvalue weighted by Gasteiger charge is 2.10. The van der Waals surface area contributed by atoms with Crippen LogP contribution in [0.4, 0.5) is 5.69 Å². The number of aromatic nitrogens is 3. The van der Waals surface area contributed by atoms with E-state index >= 15 is 0 Å². The van der Waals surface area contributed by atoms with E-state index in [9.17, 15) is 4.79 Å². The molecule has 6 heteroatoms. The van der Waals surface area contributed by atoms with Gasteiger partial charge in [-0.15, -0.1) is 0 Å². The molecule has 3 rings (SSSR count). The monoisotopic (exact) mass is 364 g/mol. The molecule has 3 aromatic rings. The maximum Gasteiger partial charge on any atom is 0.234 e. The van der Waals surface area contributed by atoms with Gasteiger partial charge in [0.2, 0.25) is 5.91 Å². The highest BCUT2D eigenvalue weighted by molar-refractivity contribution is 7.99. The third kappa shape index (κ3) is 4.46. The molecule has 0 atom stereocenters. The second-order valence-electron chi connectivity index (χ2n) is 5.96. The lowest BCUT2D eigenvalue weighted by atomic mass is 10.1. The Hall–Kier alpha value is -2.73. The first-order valence-electron chi connectivity index (χ1n) is 8.29. The summed E-state index contributed by atoms with van der Waals surface area (Å²) in [6.07, 6.45) is 1.73. The van der Waals surface area contributed by atoms with Crippen LogP contribution in [0.2, 0.25) is 0 Å². The second-order valence-corrected chi connectivity index (χ2v) is 6.95. The maximum atomic E-state index is 12.3. The SMILES string of the molecule is Cc1nc(SCC(=O)Nc2c(C)cccc2C)cc(-c2ccccn2)n1. The van der Waals surface area contributed by atoms with Crippen LogP contribution in [-0.4, -0.2) is 26.6 Å². The Kier molecular flexibility index (Phi) is 5.63. The average molecular weight is 364 g/mol. The summed E-state index contributed by atoms with van der Waals surface area (Å²) in [5.41, 5.74) is 4.54. The lowest BCUT2D eigenvalue weighted by Crippen LogP contribution is -2.16. The molecule has 0 aliphatic heterocycles. The van der Waals surface area contributed by atoms with Gasteiger partial charge in [0.25, 0.3) is 0 Å². The molecule has 2 heterocycles. The summed E-state index contributed by atoms with van der Waals surface area (Å²) in [5, 5.41) is 3.75. The van der Waals surface area contributed by atoms with Gasteiger partial charge in [-0.2, -0.15) is 0 Å². The number of benzene rings is 1. The number of hydrogen-bond acceptors (Lipinski definition) is 5. The van der Waals surface area contributed by atoms with Crippen molar-refractivity contribution in [3.63, 3.8) is 0 Å². The van der Waals surface area contributed by atoms with Gasteiger partial charge in [0.15, 0.2) is 0 Å². The van der Waals surface area contributed by atoms with Crippen LogP contribution in [0.1, 0.15) is 17.0 Å². The summed E-state index contributed by atoms with van der Waals surface area (Å²) in [6, 6.07) is 13.5. The van der Waals surface area contributed by atoms with Crippen molar-refractivity contribution in [1.29, 1.82) is 0 Å². The summed E-state index contributed by atoms with van der Waals surface area (Å²) >= 11 is 1.39. The summed E-state index contributed by atoms with van der Waals surface area (Å²) in [4.78, 5) is 25.5. The van der Waals surface area contributed by atoms with Gasteiger partial charge in [-0.3, -0.25) is 9.78 Å². The first-order chi connectivity index (χ1) is 12.5. The highest BCUT2D eigenvalue weighted by Crippen LogP contribution is 2.23. The van der Waals surface area contributed by atoms with Crippen LogP contribution in [0.5, 0.6) is 0 Å². The molecular weight excluding hydrogens is 344 g/mol. The Morgan fingerprint density at radius 2 is 1.77 bits per heavy atom. The number of aryl methyl sites for hydroxylation is 3. The predicted molar refractivity (Wildman–Crippen MR) is 105 cm³/mol. The number of hydrogen-bond donors (Lipinski definition) is 1. The molecule has 1 N–H and O–H groups in total. The number of nitrogens with zero attached hydrogens (tertiary/aromatic N) is 3. The summed E-state index contributed by atoms with van der Waals surface area (Å²) in [7, 11) is 0. The van der Waals surface area contributed by atoms with E-state index in [1.54, 1.807) is 6.20 Å². The Morgan fingerprint density at radius 1 is 1.00 bits per heavy atom. The minimum Gasteiger partial charge on any atom is -0.325 e. The number of nitrogens with one attached hydrogen (secondary N) is 1. The van der Waals surface area contributed by atoms with E-state index in [0.29, 0.717) is 5.82 Å². The van der Waals surface area contributed by atoms with Crippen molar-refractivity contribution in [1.82, 2.24) is 15.0 Å². The van der Waals surface area contributed by atoms with Crippen molar-refractivity contribution >= 4 is 23.4 Å². The largest absolute Gasteiger partial charge is 0.325 e. The molecule has 0 unspecified atom stereocenters. The molecule has 132 valence electrons. The fraction of sp³-hybridized carbons (Fsp3) is 0.200. The Balaban J connectivity index is 1.70. The fourth-order valence-electron chi connectivity index (χ4n) is 2.59. The molecule has 0 saturated heterocycles. The standard InChI is InChI=1S/C20H20N4OS/c1-13-7-6-8-14(2)20(13)24-18(25)12-26-19-11-17(22-15(3)23-19)16-9-4-5-10-21-16/h4-11H,12H2,1-3H3,(H,24,25). The molecule has 0 aliphatic carbocycles. The highest BCUT2D eigenvalue weighted by atomic mass is 32.2. The number of pyridine rings is 1. The number of carbonyl (C=O) groups excluding carboxylic acids is 1. The molecule has 0 aliphatic rings. The van der Waals surface area contributed by atoms with Crippen molar-refractivity contribution in [2.45, 2.75) is 25.8 Å². The van der Waals surface area contributed by atoms with Crippen LogP contribution in [0, 0.1) is 20.8 Å². The molecule has 0 radical (unpaired) electrons. The number of rotatable bonds is 5. The van der Waals surface area contributed by atoms with E-state index in [2.05, 4.69) is 20.3 Å². The summed E-state index contributed by atoms with van der Waals surface area (Å²) in [6.45, 7) is 5.82. The van der Waals surface area contributed by atoms with Crippen molar-refractivity contribution < 1.29 is 4.79 Å². The lowest BCUT2D eigenvalue weighted by molar-refractivity contribution is -0.113. The Bertz CT molecular complexity index is 908. The van der Waals surface area contributed by atoms with Gasteiger partial charge in [0.05, 0.1) is 17.1 Å². The molecule has 1 amide bonds. The molecule has 0 saturated carbocycles. The molecule has 5 nitrogen and oxygen atoms in total. The summed E-state index contributed by atoms with van der Waals surface area (Å²) < 4.78 is 0. The van der Waals surface area contributed by atoms with Crippen molar-refractivity contribution in [3.8, 4) is 11.4 Å². The lowest BCUT2D eigenvalue weighted by Gasteiger charge is -2.11. The third-order valence-electron chi connectivity index (χ3n) is 3.84. The van der Waals surface area contributed by atoms with Crippen LogP contribution < -0.4 is 5.32 Å². The summed E-state index contributed by atoms with van der Waals surface area (Å²) in [5.74, 6) is 0.889. The molecule has 2 aromatic heterocycles. The minimum atomic E-state index is -0.0527. The molecule has 0 spiro atoms. The average Bonchev–Trinajstić information content (AvgIpc) is 2.63. The van der Waals surface area contributed by atoms with Gasteiger partial charge in [-0.1, -0.05) is 36.0 Å². The quantitative estimate of drug-likeness (QED) is 0.543. The van der Waals surface area contributed by atoms with Crippen LogP contribution in [0.15, 0.2) is 53.7 Å². The molecule has 0 fully saturated rings. The number of para-hydroxylation sites is 1. The van der Waals surface area contributed by atoms with E-state index in [0.717, 1.165) is 33.2 Å². The maximum absolute atomic E-state index is 12.3. The van der Waals surface area contributed by atoms with Gasteiger partial charge in [0.1, 0.15) is 10.9 Å². The van der Waals surface area contributed by atoms with E-state index in [1.165, 1.54) is 11.8 Å². The molecule has 1 aromatic carbocycles. The van der Waals surface area contributed by atoms with Crippen LogP contribution in [0.25, 0.3) is 11.4 Å². The normalized spacial score (nSPS) is 10.6. The number of thioether (sulfide) groups is 1. The number of anilines is 1. The molecular formula is C20H20N4OS. The van der Waals surface area contributed by atoms with Gasteiger partial charge < -0.3 is 5.32 Å². The van der Waals surface area contributed by atoms with E-state index in [1.807, 2.05) is 63.2 Å². The minimum absolute atomic E-state index is 0.0527. The van der Waals surface area contributed by atoms with E-state index in [4.69, 9.17) is 0 Å². The number of amides is 1. The predicted octanol–water partition coefficient (Wildman–Crippen LogP) is 4.19. The van der Waals surface area contributed by atoms with Gasteiger partial charge in [-0.25, -0.2) is 9.97 Å². The van der Waals surface area contributed by atoms with Crippen LogP contribution in [0.3, 0.4) is 0 Å². The first-order valence-corrected chi connectivity index (χ1v) is 9.27. The second kappa shape index (κ2) is 8.10. The zero-order chi connectivity index (χ0) is 18.5. The number of carbonyl (C=O) groups is 1. The van der Waals surface area contributed by atoms with Crippen molar-refractivity contribution in [2.75, 3.05) is 11.1 Å². The first kappa shape index (κ1) is 18.1. The van der Waals surface area contributed by atoms with Gasteiger partial charge in [-0.05, 0) is 50.1 Å². The Morgan fingerprint density at radius 3 is 2.46 bits per heavy atom.